The van der Waals surface area contributed by atoms with Crippen LogP contribution in [0.4, 0.5) is 5.82 Å². The molecule has 0 spiro atoms. The number of sulfonamides is 1. The number of aliphatic hydroxyl groups excluding tert-OH is 1. The number of aliphatic hydroxyl groups is 1. The average Bonchev–Trinajstić information content (AvgIpc) is 2.93. The number of ether oxygens (including phenoxy) is 3. The van der Waals surface area contributed by atoms with Crippen LogP contribution in [0, 0.1) is 0 Å². The first-order chi connectivity index (χ1) is 18.6. The van der Waals surface area contributed by atoms with Crippen LogP contribution in [0.2, 0.25) is 0 Å². The van der Waals surface area contributed by atoms with Crippen LogP contribution in [0.5, 0.6) is 23.1 Å². The Morgan fingerprint density at radius 2 is 1.55 bits per heavy atom. The Bertz CT molecular complexity index is 1530. The molecule has 0 bridgehead atoms. The zero-order chi connectivity index (χ0) is 28.0. The number of hydrogen-bond acceptors (Lipinski definition) is 10. The molecule has 0 atom stereocenters. The molecule has 4 rings (SSSR count). The molecule has 2 aromatic heterocycles. The Labute approximate surface area is 245 Å². The minimum absolute atomic E-state index is 0. The molecular weight excluding hydrogens is 529 g/mol. The van der Waals surface area contributed by atoms with Crippen molar-refractivity contribution in [1.29, 1.82) is 0 Å². The van der Waals surface area contributed by atoms with Gasteiger partial charge in [0, 0.05) is 12.4 Å². The maximum atomic E-state index is 13.5. The molecule has 2 heterocycles. The van der Waals surface area contributed by atoms with Gasteiger partial charge < -0.3 is 19.3 Å². The summed E-state index contributed by atoms with van der Waals surface area (Å²) in [4.78, 5) is 17.1. The second-order valence-corrected chi connectivity index (χ2v) is 11.0. The van der Waals surface area contributed by atoms with E-state index in [1.807, 2.05) is 20.8 Å². The Morgan fingerprint density at radius 1 is 0.900 bits per heavy atom. The summed E-state index contributed by atoms with van der Waals surface area (Å²) in [5.74, 6) is 0.271. The molecule has 0 aliphatic rings. The molecule has 0 aliphatic carbocycles. The summed E-state index contributed by atoms with van der Waals surface area (Å²) in [6.45, 7) is 5.65. The third kappa shape index (κ3) is 7.28. The molecule has 0 aliphatic heterocycles. The monoisotopic (exact) mass is 559 g/mol. The summed E-state index contributed by atoms with van der Waals surface area (Å²) in [5.41, 5.74) is 0.827. The van der Waals surface area contributed by atoms with Crippen LogP contribution < -0.4 is 18.9 Å². The van der Waals surface area contributed by atoms with Gasteiger partial charge in [0.15, 0.2) is 23.1 Å². The topological polar surface area (TPSA) is 146 Å². The molecule has 40 heavy (non-hydrogen) atoms. The molecule has 0 saturated heterocycles. The zero-order valence-electron chi connectivity index (χ0n) is 22.0. The van der Waals surface area contributed by atoms with Gasteiger partial charge in [0.1, 0.15) is 6.61 Å². The van der Waals surface area contributed by atoms with Gasteiger partial charge in [-0.1, -0.05) is 45.0 Å². The zero-order valence-corrected chi connectivity index (χ0v) is 22.8. The number of methoxy groups -OCH3 is 1. The van der Waals surface area contributed by atoms with Gasteiger partial charge in [-0.3, -0.25) is 4.72 Å². The number of para-hydroxylation sites is 2. The number of nitrogens with one attached hydrogen (secondary N) is 1. The van der Waals surface area contributed by atoms with E-state index in [0.717, 1.165) is 5.56 Å². The van der Waals surface area contributed by atoms with Gasteiger partial charge in [-0.2, -0.15) is 4.98 Å². The molecule has 0 amide bonds. The fourth-order valence-corrected chi connectivity index (χ4v) is 4.48. The van der Waals surface area contributed by atoms with Crippen LogP contribution in [0.15, 0.2) is 71.9 Å². The predicted molar refractivity (Wildman–Crippen MR) is 152 cm³/mol. The molecule has 13 heteroatoms. The van der Waals surface area contributed by atoms with E-state index in [0.29, 0.717) is 5.75 Å². The van der Waals surface area contributed by atoms with Crippen molar-refractivity contribution in [2.75, 3.05) is 25.0 Å². The number of hydrogen-bond donors (Lipinski definition) is 2. The molecule has 2 N–H and O–H groups in total. The van der Waals surface area contributed by atoms with Crippen molar-refractivity contribution in [2.24, 2.45) is 0 Å². The molecule has 2 aromatic carbocycles. The van der Waals surface area contributed by atoms with Gasteiger partial charge in [-0.15, -0.1) is 0 Å². The number of rotatable bonds is 10. The quantitative estimate of drug-likeness (QED) is 0.277. The molecular formula is C27H30LiN5O6S. The number of anilines is 1. The Hall–Kier alpha value is -3.69. The van der Waals surface area contributed by atoms with Crippen LogP contribution in [0.3, 0.4) is 0 Å². The Balaban J connectivity index is 0.00000441. The van der Waals surface area contributed by atoms with Crippen molar-refractivity contribution in [3.63, 3.8) is 0 Å². The third-order valence-electron chi connectivity index (χ3n) is 5.47. The first-order valence-electron chi connectivity index (χ1n) is 12.0. The molecule has 11 nitrogen and oxygen atoms in total. The molecule has 0 unspecified atom stereocenters. The van der Waals surface area contributed by atoms with Crippen molar-refractivity contribution in [2.45, 2.75) is 31.1 Å². The van der Waals surface area contributed by atoms with Crippen LogP contribution in [0.25, 0.3) is 11.6 Å². The molecule has 206 valence electrons. The van der Waals surface area contributed by atoms with Crippen molar-refractivity contribution in [1.82, 2.24) is 19.9 Å². The van der Waals surface area contributed by atoms with E-state index in [4.69, 9.17) is 14.2 Å². The van der Waals surface area contributed by atoms with E-state index in [-0.39, 0.29) is 77.2 Å². The second kappa shape index (κ2) is 13.1. The number of benzene rings is 2. The molecule has 0 fully saturated rings. The fraction of sp³-hybridized carbons (Fsp3) is 0.259. The first-order valence-corrected chi connectivity index (χ1v) is 13.5. The summed E-state index contributed by atoms with van der Waals surface area (Å²) < 4.78 is 46.6. The summed E-state index contributed by atoms with van der Waals surface area (Å²) in [6, 6.07) is 15.0. The van der Waals surface area contributed by atoms with E-state index < -0.39 is 10.0 Å². The van der Waals surface area contributed by atoms with Crippen molar-refractivity contribution < 1.29 is 27.7 Å². The van der Waals surface area contributed by atoms with Crippen molar-refractivity contribution >= 4 is 34.7 Å². The minimum atomic E-state index is -4.14. The average molecular weight is 560 g/mol. The summed E-state index contributed by atoms with van der Waals surface area (Å²) in [5, 5.41) is 9.40. The summed E-state index contributed by atoms with van der Waals surface area (Å²) in [6.07, 6.45) is 3.00. The normalized spacial score (nSPS) is 11.3. The second-order valence-electron chi connectivity index (χ2n) is 9.31. The Morgan fingerprint density at radius 3 is 2.15 bits per heavy atom. The van der Waals surface area contributed by atoms with E-state index in [2.05, 4.69) is 24.7 Å². The van der Waals surface area contributed by atoms with E-state index in [9.17, 15) is 13.5 Å². The SMILES string of the molecule is COc1ccccc1Oc1c(NS(=O)(=O)c2ccc(C(C)(C)C)cc2)nc(-c2ncccn2)nc1OCCO.[LiH]. The number of nitrogens with zero attached hydrogens (tertiary/aromatic N) is 4. The Kier molecular flexibility index (Phi) is 10.1. The van der Waals surface area contributed by atoms with Crippen molar-refractivity contribution in [3.8, 4) is 34.8 Å². The third-order valence-corrected chi connectivity index (χ3v) is 6.83. The van der Waals surface area contributed by atoms with Gasteiger partial charge in [-0.25, -0.2) is 23.4 Å². The maximum absolute atomic E-state index is 13.5. The van der Waals surface area contributed by atoms with Crippen molar-refractivity contribution in [3.05, 3.63) is 72.6 Å². The standard InChI is InChI=1S/C27H29N5O6S.Li.H/c1-27(2,3)18-10-12-19(13-11-18)39(34,35)32-23-22(38-21-9-6-5-8-20(21)36-4)26(37-17-16-33)31-25(30-23)24-28-14-7-15-29-24;;/h5-15,33H,16-17H2,1-4H3,(H,30,31,32);;. The fourth-order valence-electron chi connectivity index (χ4n) is 3.48. The summed E-state index contributed by atoms with van der Waals surface area (Å²) in [7, 11) is -2.66. The molecule has 0 radical (unpaired) electrons. The first kappa shape index (κ1) is 30.8. The predicted octanol–water partition coefficient (Wildman–Crippen LogP) is 3.56. The van der Waals surface area contributed by atoms with Gasteiger partial charge >= 0.3 is 18.9 Å². The van der Waals surface area contributed by atoms with Crippen LogP contribution in [0.1, 0.15) is 26.3 Å². The van der Waals surface area contributed by atoms with E-state index in [1.165, 1.54) is 31.6 Å². The molecule has 4 aromatic rings. The van der Waals surface area contributed by atoms with Crippen LogP contribution >= 0.6 is 0 Å². The van der Waals surface area contributed by atoms with Crippen LogP contribution in [-0.4, -0.2) is 72.6 Å². The van der Waals surface area contributed by atoms with Gasteiger partial charge in [0.2, 0.25) is 11.6 Å². The van der Waals surface area contributed by atoms with E-state index in [1.54, 1.807) is 42.5 Å². The van der Waals surface area contributed by atoms with Crippen LogP contribution in [-0.2, 0) is 15.4 Å². The van der Waals surface area contributed by atoms with E-state index >= 15 is 0 Å². The van der Waals surface area contributed by atoms with Gasteiger partial charge in [0.05, 0.1) is 18.6 Å². The van der Waals surface area contributed by atoms with Gasteiger partial charge in [0.25, 0.3) is 15.9 Å². The molecule has 0 saturated carbocycles. The van der Waals surface area contributed by atoms with Gasteiger partial charge in [-0.05, 0) is 41.3 Å². The summed E-state index contributed by atoms with van der Waals surface area (Å²) >= 11 is 0. The number of aromatic nitrogens is 4.